The van der Waals surface area contributed by atoms with Gasteiger partial charge >= 0.3 is 0 Å². The average Bonchev–Trinajstić information content (AvgIpc) is 2.59. The number of pyridine rings is 1. The van der Waals surface area contributed by atoms with Crippen molar-refractivity contribution in [3.8, 4) is 6.07 Å². The minimum Gasteiger partial charge on any atom is -0.388 e. The summed E-state index contributed by atoms with van der Waals surface area (Å²) in [5.41, 5.74) is 3.12. The Morgan fingerprint density at radius 3 is 2.78 bits per heavy atom. The molecule has 1 aromatic heterocycles. The molecule has 2 rings (SSSR count). The van der Waals surface area contributed by atoms with Crippen LogP contribution in [0.25, 0.3) is 0 Å². The van der Waals surface area contributed by atoms with Gasteiger partial charge in [0.2, 0.25) is 0 Å². The van der Waals surface area contributed by atoms with E-state index in [1.807, 2.05) is 19.2 Å². The van der Waals surface area contributed by atoms with Crippen molar-refractivity contribution in [2.75, 3.05) is 12.4 Å². The molecule has 0 aliphatic rings. The van der Waals surface area contributed by atoms with Crippen LogP contribution < -0.4 is 5.32 Å². The van der Waals surface area contributed by atoms with E-state index in [9.17, 15) is 10.1 Å². The predicted molar refractivity (Wildman–Crippen MR) is 93.8 cm³/mol. The smallest absolute Gasteiger partial charge is 0.178 e. The number of benzene rings is 1. The van der Waals surface area contributed by atoms with Crippen LogP contribution >= 0.6 is 11.8 Å². The Labute approximate surface area is 140 Å². The summed E-state index contributed by atoms with van der Waals surface area (Å²) >= 11 is 1.53. The van der Waals surface area contributed by atoms with Crippen LogP contribution in [0.4, 0.5) is 5.69 Å². The van der Waals surface area contributed by atoms with Crippen LogP contribution in [0.3, 0.4) is 0 Å². The molecular formula is C18H19N3OS. The molecule has 23 heavy (non-hydrogen) atoms. The average molecular weight is 325 g/mol. The number of Topliss-reactive ketones (excluding diaryl/α,β-unsaturated/α-hetero) is 1. The second-order valence-electron chi connectivity index (χ2n) is 5.11. The number of rotatable bonds is 6. The molecule has 1 atom stereocenters. The zero-order valence-electron chi connectivity index (χ0n) is 13.5. The van der Waals surface area contributed by atoms with Crippen molar-refractivity contribution in [3.63, 3.8) is 0 Å². The van der Waals surface area contributed by atoms with Gasteiger partial charge in [-0.1, -0.05) is 30.8 Å². The van der Waals surface area contributed by atoms with Gasteiger partial charge in [-0.05, 0) is 36.2 Å². The van der Waals surface area contributed by atoms with Gasteiger partial charge < -0.3 is 5.32 Å². The van der Waals surface area contributed by atoms with E-state index < -0.39 is 0 Å². The van der Waals surface area contributed by atoms with Crippen molar-refractivity contribution >= 4 is 23.2 Å². The van der Waals surface area contributed by atoms with Crippen LogP contribution in [0.15, 0.2) is 41.4 Å². The Hall–Kier alpha value is -2.32. The Morgan fingerprint density at radius 2 is 2.17 bits per heavy atom. The van der Waals surface area contributed by atoms with E-state index in [2.05, 4.69) is 35.4 Å². The summed E-state index contributed by atoms with van der Waals surface area (Å²) < 4.78 is 0. The summed E-state index contributed by atoms with van der Waals surface area (Å²) in [5, 5.41) is 13.2. The van der Waals surface area contributed by atoms with Gasteiger partial charge in [-0.15, -0.1) is 0 Å². The monoisotopic (exact) mass is 325 g/mol. The standard InChI is InChI=1S/C18H19N3OS/c1-4-17(13-6-5-7-15(10-13)20-3)23-18-14(11-19)8-9-16(21-18)12(2)22/h5-10,17,20H,4H2,1-3H3. The summed E-state index contributed by atoms with van der Waals surface area (Å²) in [7, 11) is 1.89. The van der Waals surface area contributed by atoms with Crippen LogP contribution in [0, 0.1) is 11.3 Å². The highest BCUT2D eigenvalue weighted by Crippen LogP contribution is 2.38. The van der Waals surface area contributed by atoms with E-state index in [1.54, 1.807) is 12.1 Å². The normalized spacial score (nSPS) is 11.6. The van der Waals surface area contributed by atoms with E-state index in [4.69, 9.17) is 0 Å². The zero-order valence-corrected chi connectivity index (χ0v) is 14.3. The van der Waals surface area contributed by atoms with Crippen molar-refractivity contribution in [2.24, 2.45) is 0 Å². The molecule has 2 aromatic rings. The highest BCUT2D eigenvalue weighted by atomic mass is 32.2. The molecule has 0 bridgehead atoms. The Kier molecular flexibility index (Phi) is 5.78. The molecule has 1 heterocycles. The molecule has 0 saturated heterocycles. The van der Waals surface area contributed by atoms with Crippen molar-refractivity contribution in [2.45, 2.75) is 30.5 Å². The van der Waals surface area contributed by atoms with Crippen molar-refractivity contribution in [3.05, 3.63) is 53.2 Å². The van der Waals surface area contributed by atoms with Gasteiger partial charge in [0.05, 0.1) is 5.56 Å². The molecule has 0 saturated carbocycles. The number of hydrogen-bond acceptors (Lipinski definition) is 5. The first-order valence-corrected chi connectivity index (χ1v) is 8.33. The zero-order chi connectivity index (χ0) is 16.8. The summed E-state index contributed by atoms with van der Waals surface area (Å²) in [6, 6.07) is 13.6. The van der Waals surface area contributed by atoms with Gasteiger partial charge in [-0.2, -0.15) is 5.26 Å². The number of nitrogens with one attached hydrogen (secondary N) is 1. The first-order chi connectivity index (χ1) is 11.1. The minimum absolute atomic E-state index is 0.0958. The lowest BCUT2D eigenvalue weighted by Crippen LogP contribution is -2.01. The number of nitrogens with zero attached hydrogens (tertiary/aromatic N) is 2. The minimum atomic E-state index is -0.0958. The quantitative estimate of drug-likeness (QED) is 0.628. The van der Waals surface area contributed by atoms with Crippen molar-refractivity contribution in [1.29, 1.82) is 5.26 Å². The van der Waals surface area contributed by atoms with Crippen LogP contribution in [0.1, 0.15) is 47.1 Å². The number of ketones is 1. The van der Waals surface area contributed by atoms with Gasteiger partial charge in [0.1, 0.15) is 16.8 Å². The van der Waals surface area contributed by atoms with Crippen LogP contribution in [0.2, 0.25) is 0 Å². The molecular weight excluding hydrogens is 306 g/mol. The molecule has 0 aliphatic carbocycles. The van der Waals surface area contributed by atoms with Gasteiger partial charge in [0.25, 0.3) is 0 Å². The van der Waals surface area contributed by atoms with Crippen LogP contribution in [0.5, 0.6) is 0 Å². The van der Waals surface area contributed by atoms with Crippen LogP contribution in [-0.4, -0.2) is 17.8 Å². The molecule has 0 spiro atoms. The van der Waals surface area contributed by atoms with Crippen LogP contribution in [-0.2, 0) is 0 Å². The predicted octanol–water partition coefficient (Wildman–Crippen LogP) is 4.44. The second kappa shape index (κ2) is 7.80. The van der Waals surface area contributed by atoms with Gasteiger partial charge in [-0.25, -0.2) is 4.98 Å². The fraction of sp³-hybridized carbons (Fsp3) is 0.278. The lowest BCUT2D eigenvalue weighted by molar-refractivity contribution is 0.101. The molecule has 1 unspecified atom stereocenters. The Balaban J connectivity index is 2.36. The van der Waals surface area contributed by atoms with Crippen molar-refractivity contribution in [1.82, 2.24) is 4.98 Å². The van der Waals surface area contributed by atoms with E-state index in [0.717, 1.165) is 12.1 Å². The first kappa shape index (κ1) is 17.0. The lowest BCUT2D eigenvalue weighted by Gasteiger charge is -2.16. The summed E-state index contributed by atoms with van der Waals surface area (Å²) in [4.78, 5) is 15.9. The van der Waals surface area contributed by atoms with Crippen molar-refractivity contribution < 1.29 is 4.79 Å². The highest BCUT2D eigenvalue weighted by Gasteiger charge is 2.16. The molecule has 0 fully saturated rings. The topological polar surface area (TPSA) is 65.8 Å². The maximum atomic E-state index is 11.5. The SMILES string of the molecule is CCC(Sc1nc(C(C)=O)ccc1C#N)c1cccc(NC)c1. The van der Waals surface area contributed by atoms with E-state index in [0.29, 0.717) is 16.3 Å². The largest absolute Gasteiger partial charge is 0.388 e. The number of anilines is 1. The maximum absolute atomic E-state index is 11.5. The third kappa shape index (κ3) is 4.11. The maximum Gasteiger partial charge on any atom is 0.178 e. The number of aromatic nitrogens is 1. The molecule has 118 valence electrons. The molecule has 1 N–H and O–H groups in total. The number of nitriles is 1. The molecule has 4 nitrogen and oxygen atoms in total. The number of carbonyl (C=O) groups is 1. The second-order valence-corrected chi connectivity index (χ2v) is 6.30. The third-order valence-electron chi connectivity index (χ3n) is 3.51. The van der Waals surface area contributed by atoms with E-state index >= 15 is 0 Å². The number of thioether (sulfide) groups is 1. The lowest BCUT2D eigenvalue weighted by atomic mass is 10.1. The summed E-state index contributed by atoms with van der Waals surface area (Å²) in [6.45, 7) is 3.58. The van der Waals surface area contributed by atoms with Gasteiger partial charge in [-0.3, -0.25) is 4.79 Å². The highest BCUT2D eigenvalue weighted by molar-refractivity contribution is 7.99. The van der Waals surface area contributed by atoms with Gasteiger partial charge in [0.15, 0.2) is 5.78 Å². The molecule has 0 amide bonds. The van der Waals surface area contributed by atoms with E-state index in [-0.39, 0.29) is 11.0 Å². The molecule has 5 heteroatoms. The Bertz CT molecular complexity index is 752. The van der Waals surface area contributed by atoms with Gasteiger partial charge in [0, 0.05) is 24.9 Å². The third-order valence-corrected chi connectivity index (χ3v) is 4.94. The number of hydrogen-bond donors (Lipinski definition) is 1. The fourth-order valence-corrected chi connectivity index (χ4v) is 3.34. The number of carbonyl (C=O) groups excluding carboxylic acids is 1. The summed E-state index contributed by atoms with van der Waals surface area (Å²) in [5.74, 6) is -0.0958. The fourth-order valence-electron chi connectivity index (χ4n) is 2.23. The molecule has 0 radical (unpaired) electrons. The Morgan fingerprint density at radius 1 is 1.39 bits per heavy atom. The summed E-state index contributed by atoms with van der Waals surface area (Å²) in [6.07, 6.45) is 0.898. The van der Waals surface area contributed by atoms with E-state index in [1.165, 1.54) is 24.2 Å². The first-order valence-electron chi connectivity index (χ1n) is 7.45. The molecule has 1 aromatic carbocycles. The molecule has 0 aliphatic heterocycles.